The fourth-order valence-electron chi connectivity index (χ4n) is 2.70. The summed E-state index contributed by atoms with van der Waals surface area (Å²) in [6, 6.07) is 11.6. The third kappa shape index (κ3) is 2.31. The number of thiazole rings is 1. The number of furan rings is 1. The predicted octanol–water partition coefficient (Wildman–Crippen LogP) is 4.62. The molecule has 0 spiro atoms. The second kappa shape index (κ2) is 5.39. The monoisotopic (exact) mass is 307 g/mol. The molecule has 0 amide bonds. The molecule has 1 aliphatic carbocycles. The number of hydrogen-bond donors (Lipinski definition) is 0. The zero-order valence-corrected chi connectivity index (χ0v) is 12.6. The van der Waals surface area contributed by atoms with E-state index < -0.39 is 0 Å². The molecule has 4 rings (SSSR count). The number of carbonyl (C=O) groups is 1. The molecular formula is C18H13NO2S. The van der Waals surface area contributed by atoms with E-state index in [1.54, 1.807) is 6.26 Å². The van der Waals surface area contributed by atoms with Crippen LogP contribution in [0.3, 0.4) is 0 Å². The molecule has 0 atom stereocenters. The van der Waals surface area contributed by atoms with Gasteiger partial charge in [0.1, 0.15) is 0 Å². The number of ketones is 1. The molecule has 2 aromatic heterocycles. The molecule has 0 radical (unpaired) electrons. The van der Waals surface area contributed by atoms with Gasteiger partial charge < -0.3 is 4.42 Å². The van der Waals surface area contributed by atoms with Gasteiger partial charge in [-0.15, -0.1) is 11.3 Å². The summed E-state index contributed by atoms with van der Waals surface area (Å²) in [5.41, 5.74) is 3.61. The molecule has 0 N–H and O–H groups in total. The molecule has 22 heavy (non-hydrogen) atoms. The van der Waals surface area contributed by atoms with Crippen LogP contribution in [0.1, 0.15) is 28.0 Å². The highest BCUT2D eigenvalue weighted by atomic mass is 32.1. The van der Waals surface area contributed by atoms with Crippen LogP contribution in [0, 0.1) is 0 Å². The van der Waals surface area contributed by atoms with Gasteiger partial charge in [0.2, 0.25) is 0 Å². The molecule has 4 heteroatoms. The van der Waals surface area contributed by atoms with E-state index in [0.29, 0.717) is 0 Å². The van der Waals surface area contributed by atoms with E-state index in [1.807, 2.05) is 47.9 Å². The van der Waals surface area contributed by atoms with Crippen molar-refractivity contribution in [3.05, 3.63) is 70.4 Å². The quantitative estimate of drug-likeness (QED) is 0.649. The van der Waals surface area contributed by atoms with Crippen LogP contribution in [0.25, 0.3) is 16.8 Å². The molecule has 3 nitrogen and oxygen atoms in total. The number of benzene rings is 1. The van der Waals surface area contributed by atoms with E-state index in [4.69, 9.17) is 4.42 Å². The summed E-state index contributed by atoms with van der Waals surface area (Å²) in [4.78, 5) is 17.1. The summed E-state index contributed by atoms with van der Waals surface area (Å²) in [6.45, 7) is 0. The number of aromatic nitrogens is 1. The lowest BCUT2D eigenvalue weighted by atomic mass is 9.86. The normalized spacial score (nSPS) is 16.0. The van der Waals surface area contributed by atoms with Crippen molar-refractivity contribution in [3.8, 4) is 10.8 Å². The fraction of sp³-hybridized carbons (Fsp3) is 0.111. The molecule has 0 saturated carbocycles. The van der Waals surface area contributed by atoms with Crippen molar-refractivity contribution in [1.29, 1.82) is 0 Å². The lowest BCUT2D eigenvalue weighted by Crippen LogP contribution is -2.13. The molecule has 0 unspecified atom stereocenters. The highest BCUT2D eigenvalue weighted by molar-refractivity contribution is 7.13. The van der Waals surface area contributed by atoms with E-state index in [0.717, 1.165) is 46.0 Å². The first kappa shape index (κ1) is 13.2. The standard InChI is InChI=1S/C18H13NO2S/c20-17-13(8-7-12-4-1-2-5-15(12)17)10-14-11-22-18(19-14)16-6-3-9-21-16/h1-6,9-11H,7-8H2/b13-10+. The Balaban J connectivity index is 1.65. The van der Waals surface area contributed by atoms with E-state index in [1.165, 1.54) is 11.3 Å². The molecule has 1 aromatic carbocycles. The maximum Gasteiger partial charge on any atom is 0.189 e. The summed E-state index contributed by atoms with van der Waals surface area (Å²) >= 11 is 1.52. The van der Waals surface area contributed by atoms with Gasteiger partial charge in [0, 0.05) is 16.5 Å². The topological polar surface area (TPSA) is 43.1 Å². The van der Waals surface area contributed by atoms with Crippen LogP contribution in [0.15, 0.2) is 58.0 Å². The number of Topliss-reactive ketones (excluding diaryl/α,β-unsaturated/α-hetero) is 1. The summed E-state index contributed by atoms with van der Waals surface area (Å²) in [5.74, 6) is 0.879. The predicted molar refractivity (Wildman–Crippen MR) is 86.9 cm³/mol. The number of carbonyl (C=O) groups excluding carboxylic acids is 1. The van der Waals surface area contributed by atoms with Crippen LogP contribution in [0.2, 0.25) is 0 Å². The van der Waals surface area contributed by atoms with E-state index in [9.17, 15) is 4.79 Å². The molecule has 2 heterocycles. The molecule has 3 aromatic rings. The molecule has 0 bridgehead atoms. The highest BCUT2D eigenvalue weighted by Crippen LogP contribution is 2.29. The zero-order chi connectivity index (χ0) is 14.9. The molecule has 108 valence electrons. The minimum atomic E-state index is 0.120. The van der Waals surface area contributed by atoms with Crippen LogP contribution < -0.4 is 0 Å². The third-order valence-corrected chi connectivity index (χ3v) is 4.67. The first-order valence-electron chi connectivity index (χ1n) is 7.14. The maximum atomic E-state index is 12.5. The van der Waals surface area contributed by atoms with Crippen molar-refractivity contribution in [2.24, 2.45) is 0 Å². The van der Waals surface area contributed by atoms with Crippen molar-refractivity contribution in [2.45, 2.75) is 12.8 Å². The Labute approximate surface area is 131 Å². The largest absolute Gasteiger partial charge is 0.462 e. The van der Waals surface area contributed by atoms with Crippen LogP contribution in [0.5, 0.6) is 0 Å². The Kier molecular flexibility index (Phi) is 3.24. The Bertz CT molecular complexity index is 859. The van der Waals surface area contributed by atoms with Gasteiger partial charge in [-0.3, -0.25) is 4.79 Å². The molecule has 0 saturated heterocycles. The molecule has 0 aliphatic heterocycles. The van der Waals surface area contributed by atoms with E-state index in [-0.39, 0.29) is 5.78 Å². The van der Waals surface area contributed by atoms with Gasteiger partial charge in [0.15, 0.2) is 16.6 Å². The van der Waals surface area contributed by atoms with Gasteiger partial charge in [-0.05, 0) is 36.6 Å². The zero-order valence-electron chi connectivity index (χ0n) is 11.8. The lowest BCUT2D eigenvalue weighted by molar-refractivity contribution is 0.102. The second-order valence-electron chi connectivity index (χ2n) is 5.21. The summed E-state index contributed by atoms with van der Waals surface area (Å²) < 4.78 is 5.35. The van der Waals surface area contributed by atoms with Crippen LogP contribution in [-0.2, 0) is 6.42 Å². The minimum Gasteiger partial charge on any atom is -0.462 e. The van der Waals surface area contributed by atoms with Crippen LogP contribution >= 0.6 is 11.3 Å². The molecule has 1 aliphatic rings. The van der Waals surface area contributed by atoms with Gasteiger partial charge in [-0.25, -0.2) is 4.98 Å². The van der Waals surface area contributed by atoms with E-state index in [2.05, 4.69) is 4.98 Å². The molecule has 0 fully saturated rings. The number of rotatable bonds is 2. The first-order valence-corrected chi connectivity index (χ1v) is 8.02. The SMILES string of the molecule is O=C1/C(=C/c2csc(-c3ccco3)n2)CCc2ccccc21. The maximum absolute atomic E-state index is 12.5. The smallest absolute Gasteiger partial charge is 0.189 e. The van der Waals surface area contributed by atoms with Crippen molar-refractivity contribution < 1.29 is 9.21 Å². The average molecular weight is 307 g/mol. The summed E-state index contributed by atoms with van der Waals surface area (Å²) in [6.07, 6.45) is 5.21. The number of nitrogens with zero attached hydrogens (tertiary/aromatic N) is 1. The minimum absolute atomic E-state index is 0.120. The van der Waals surface area contributed by atoms with Crippen LogP contribution in [0.4, 0.5) is 0 Å². The number of fused-ring (bicyclic) bond motifs is 1. The second-order valence-corrected chi connectivity index (χ2v) is 6.07. The van der Waals surface area contributed by atoms with Gasteiger partial charge in [0.25, 0.3) is 0 Å². The van der Waals surface area contributed by atoms with Gasteiger partial charge >= 0.3 is 0 Å². The Morgan fingerprint density at radius 3 is 2.91 bits per heavy atom. The van der Waals surface area contributed by atoms with Crippen molar-refractivity contribution in [1.82, 2.24) is 4.98 Å². The van der Waals surface area contributed by atoms with Gasteiger partial charge in [-0.2, -0.15) is 0 Å². The van der Waals surface area contributed by atoms with Crippen molar-refractivity contribution >= 4 is 23.2 Å². The van der Waals surface area contributed by atoms with Crippen LogP contribution in [-0.4, -0.2) is 10.8 Å². The summed E-state index contributed by atoms with van der Waals surface area (Å²) in [7, 11) is 0. The van der Waals surface area contributed by atoms with Crippen molar-refractivity contribution in [2.75, 3.05) is 0 Å². The summed E-state index contributed by atoms with van der Waals surface area (Å²) in [5, 5.41) is 2.79. The first-order chi connectivity index (χ1) is 10.8. The van der Waals surface area contributed by atoms with Crippen molar-refractivity contribution in [3.63, 3.8) is 0 Å². The third-order valence-electron chi connectivity index (χ3n) is 3.79. The Morgan fingerprint density at radius 1 is 1.14 bits per heavy atom. The number of aryl methyl sites for hydroxylation is 1. The Hall–Kier alpha value is -2.46. The number of hydrogen-bond acceptors (Lipinski definition) is 4. The molecular weight excluding hydrogens is 294 g/mol. The Morgan fingerprint density at radius 2 is 2.05 bits per heavy atom. The lowest BCUT2D eigenvalue weighted by Gasteiger charge is -2.16. The van der Waals surface area contributed by atoms with Gasteiger partial charge in [-0.1, -0.05) is 24.3 Å². The van der Waals surface area contributed by atoms with E-state index >= 15 is 0 Å². The van der Waals surface area contributed by atoms with Gasteiger partial charge in [0.05, 0.1) is 12.0 Å². The number of allylic oxidation sites excluding steroid dienone is 1. The highest BCUT2D eigenvalue weighted by Gasteiger charge is 2.21. The average Bonchev–Trinajstić information content (AvgIpc) is 3.21. The fourth-order valence-corrected chi connectivity index (χ4v) is 3.44.